The Hall–Kier alpha value is -1.10. The van der Waals surface area contributed by atoms with Gasteiger partial charge in [0, 0.05) is 20.7 Å². The van der Waals surface area contributed by atoms with E-state index < -0.39 is 0 Å². The van der Waals surface area contributed by atoms with Crippen LogP contribution in [0.4, 0.5) is 11.4 Å². The molecule has 2 aromatic carbocycles. The van der Waals surface area contributed by atoms with Crippen LogP contribution in [0, 0.1) is 6.92 Å². The van der Waals surface area contributed by atoms with Gasteiger partial charge in [0.15, 0.2) is 0 Å². The Balaban J connectivity index is 2.34. The van der Waals surface area contributed by atoms with Crippen molar-refractivity contribution in [3.05, 3.63) is 57.0 Å². The molecule has 0 fully saturated rings. The van der Waals surface area contributed by atoms with Crippen molar-refractivity contribution in [3.8, 4) is 0 Å². The average Bonchev–Trinajstić information content (AvgIpc) is 2.37. The molecule has 0 spiro atoms. The first-order chi connectivity index (χ1) is 8.99. The molecule has 5 heteroatoms. The summed E-state index contributed by atoms with van der Waals surface area (Å²) in [5.74, 6) is 0. The molecule has 2 rings (SSSR count). The summed E-state index contributed by atoms with van der Waals surface area (Å²) in [5, 5.41) is 4.07. The Kier molecular flexibility index (Phi) is 4.45. The van der Waals surface area contributed by atoms with E-state index in [0.29, 0.717) is 4.99 Å². The van der Waals surface area contributed by atoms with Crippen LogP contribution >= 0.6 is 39.7 Å². The number of thiocarbonyl (C=S) groups is 1. The van der Waals surface area contributed by atoms with Gasteiger partial charge in [-0.05, 0) is 58.7 Å². The van der Waals surface area contributed by atoms with E-state index in [9.17, 15) is 0 Å². The number of halogens is 2. The third kappa shape index (κ3) is 3.26. The minimum Gasteiger partial charge on any atom is -0.389 e. The standard InChI is InChI=1S/C14H12BrClN2S/c1-8-11(16)3-2-4-12(8)18-13-6-5-9(14(17)19)7-10(13)15/h2-7,18H,1H3,(H2,17,19). The van der Waals surface area contributed by atoms with Gasteiger partial charge in [0.05, 0.1) is 5.69 Å². The number of nitrogens with one attached hydrogen (secondary N) is 1. The number of rotatable bonds is 3. The van der Waals surface area contributed by atoms with E-state index in [0.717, 1.165) is 32.0 Å². The highest BCUT2D eigenvalue weighted by Gasteiger charge is 2.06. The molecule has 0 heterocycles. The van der Waals surface area contributed by atoms with Crippen LogP contribution in [0.1, 0.15) is 11.1 Å². The number of benzene rings is 2. The first-order valence-electron chi connectivity index (χ1n) is 5.60. The lowest BCUT2D eigenvalue weighted by molar-refractivity contribution is 1.42. The summed E-state index contributed by atoms with van der Waals surface area (Å²) in [6, 6.07) is 11.5. The molecule has 0 radical (unpaired) electrons. The number of anilines is 2. The van der Waals surface area contributed by atoms with Crippen LogP contribution < -0.4 is 11.1 Å². The minimum atomic E-state index is 0.381. The maximum absolute atomic E-state index is 6.10. The topological polar surface area (TPSA) is 38.0 Å². The van der Waals surface area contributed by atoms with Crippen LogP contribution in [-0.4, -0.2) is 4.99 Å². The fourth-order valence-corrected chi connectivity index (χ4v) is 2.44. The van der Waals surface area contributed by atoms with Crippen LogP contribution in [0.25, 0.3) is 0 Å². The fraction of sp³-hybridized carbons (Fsp3) is 0.0714. The Bertz CT molecular complexity index is 643. The molecule has 2 nitrogen and oxygen atoms in total. The Labute approximate surface area is 131 Å². The lowest BCUT2D eigenvalue weighted by atomic mass is 10.1. The first kappa shape index (κ1) is 14.3. The molecule has 0 atom stereocenters. The van der Waals surface area contributed by atoms with Gasteiger partial charge < -0.3 is 11.1 Å². The van der Waals surface area contributed by atoms with Crippen molar-refractivity contribution in [2.45, 2.75) is 6.92 Å². The zero-order chi connectivity index (χ0) is 14.0. The quantitative estimate of drug-likeness (QED) is 0.778. The third-order valence-electron chi connectivity index (χ3n) is 2.79. The molecule has 0 aliphatic rings. The van der Waals surface area contributed by atoms with Crippen molar-refractivity contribution in [3.63, 3.8) is 0 Å². The van der Waals surface area contributed by atoms with Crippen molar-refractivity contribution >= 4 is 56.1 Å². The highest BCUT2D eigenvalue weighted by atomic mass is 79.9. The molecule has 98 valence electrons. The molecule has 3 N–H and O–H groups in total. The van der Waals surface area contributed by atoms with E-state index in [4.69, 9.17) is 29.6 Å². The van der Waals surface area contributed by atoms with E-state index in [2.05, 4.69) is 21.2 Å². The minimum absolute atomic E-state index is 0.381. The molecule has 2 aromatic rings. The van der Waals surface area contributed by atoms with E-state index >= 15 is 0 Å². The molecule has 0 unspecified atom stereocenters. The molecule has 0 saturated carbocycles. The SMILES string of the molecule is Cc1c(Cl)cccc1Nc1ccc(C(N)=S)cc1Br. The molecular weight excluding hydrogens is 344 g/mol. The van der Waals surface area contributed by atoms with E-state index in [1.165, 1.54) is 0 Å². The Morgan fingerprint density at radius 2 is 2.00 bits per heavy atom. The molecule has 0 bridgehead atoms. The van der Waals surface area contributed by atoms with Gasteiger partial charge in [-0.15, -0.1) is 0 Å². The Morgan fingerprint density at radius 3 is 2.63 bits per heavy atom. The Morgan fingerprint density at radius 1 is 1.26 bits per heavy atom. The molecule has 0 saturated heterocycles. The summed E-state index contributed by atoms with van der Waals surface area (Å²) in [6.07, 6.45) is 0. The number of nitrogens with two attached hydrogens (primary N) is 1. The second-order valence-corrected chi connectivity index (χ2v) is 5.80. The maximum Gasteiger partial charge on any atom is 0.104 e. The van der Waals surface area contributed by atoms with Gasteiger partial charge in [0.2, 0.25) is 0 Å². The van der Waals surface area contributed by atoms with Gasteiger partial charge in [-0.1, -0.05) is 29.9 Å². The predicted octanol–water partition coefficient (Wildman–Crippen LogP) is 4.79. The van der Waals surface area contributed by atoms with E-state index in [1.54, 1.807) is 0 Å². The molecule has 19 heavy (non-hydrogen) atoms. The van der Waals surface area contributed by atoms with Crippen LogP contribution in [0.15, 0.2) is 40.9 Å². The predicted molar refractivity (Wildman–Crippen MR) is 89.5 cm³/mol. The van der Waals surface area contributed by atoms with E-state index in [-0.39, 0.29) is 0 Å². The number of hydrogen-bond acceptors (Lipinski definition) is 2. The summed E-state index contributed by atoms with van der Waals surface area (Å²) in [5.41, 5.74) is 9.34. The van der Waals surface area contributed by atoms with Crippen molar-refractivity contribution < 1.29 is 0 Å². The smallest absolute Gasteiger partial charge is 0.104 e. The fourth-order valence-electron chi connectivity index (χ4n) is 1.66. The van der Waals surface area contributed by atoms with Gasteiger partial charge >= 0.3 is 0 Å². The third-order valence-corrected chi connectivity index (χ3v) is 4.09. The van der Waals surface area contributed by atoms with Crippen LogP contribution in [0.2, 0.25) is 5.02 Å². The van der Waals surface area contributed by atoms with Crippen LogP contribution in [0.5, 0.6) is 0 Å². The summed E-state index contributed by atoms with van der Waals surface area (Å²) >= 11 is 14.6. The van der Waals surface area contributed by atoms with Crippen molar-refractivity contribution in [1.82, 2.24) is 0 Å². The summed E-state index contributed by atoms with van der Waals surface area (Å²) < 4.78 is 0.900. The van der Waals surface area contributed by atoms with Gasteiger partial charge in [0.25, 0.3) is 0 Å². The van der Waals surface area contributed by atoms with Gasteiger partial charge in [-0.3, -0.25) is 0 Å². The molecule has 0 aromatic heterocycles. The van der Waals surface area contributed by atoms with Gasteiger partial charge in [-0.25, -0.2) is 0 Å². The molecule has 0 amide bonds. The lowest BCUT2D eigenvalue weighted by Gasteiger charge is -2.13. The normalized spacial score (nSPS) is 10.3. The molecular formula is C14H12BrClN2S. The summed E-state index contributed by atoms with van der Waals surface area (Å²) in [6.45, 7) is 1.97. The van der Waals surface area contributed by atoms with Crippen LogP contribution in [0.3, 0.4) is 0 Å². The van der Waals surface area contributed by atoms with Gasteiger partial charge in [0.1, 0.15) is 4.99 Å². The lowest BCUT2D eigenvalue weighted by Crippen LogP contribution is -2.09. The number of hydrogen-bond donors (Lipinski definition) is 2. The maximum atomic E-state index is 6.10. The van der Waals surface area contributed by atoms with Crippen molar-refractivity contribution in [1.29, 1.82) is 0 Å². The summed E-state index contributed by atoms with van der Waals surface area (Å²) in [7, 11) is 0. The van der Waals surface area contributed by atoms with E-state index in [1.807, 2.05) is 43.3 Å². The highest BCUT2D eigenvalue weighted by Crippen LogP contribution is 2.30. The summed E-state index contributed by atoms with van der Waals surface area (Å²) in [4.78, 5) is 0.381. The molecule has 0 aliphatic carbocycles. The largest absolute Gasteiger partial charge is 0.389 e. The highest BCUT2D eigenvalue weighted by molar-refractivity contribution is 9.10. The monoisotopic (exact) mass is 354 g/mol. The van der Waals surface area contributed by atoms with Gasteiger partial charge in [-0.2, -0.15) is 0 Å². The molecule has 0 aliphatic heterocycles. The zero-order valence-electron chi connectivity index (χ0n) is 10.2. The van der Waals surface area contributed by atoms with Crippen molar-refractivity contribution in [2.75, 3.05) is 5.32 Å². The zero-order valence-corrected chi connectivity index (χ0v) is 13.4. The first-order valence-corrected chi connectivity index (χ1v) is 7.18. The second-order valence-electron chi connectivity index (χ2n) is 4.10. The van der Waals surface area contributed by atoms with Crippen molar-refractivity contribution in [2.24, 2.45) is 5.73 Å². The average molecular weight is 356 g/mol. The van der Waals surface area contributed by atoms with Crippen LogP contribution in [-0.2, 0) is 0 Å². The second kappa shape index (κ2) is 5.90.